The second kappa shape index (κ2) is 7.09. The number of carbonyl (C=O) groups is 1. The molecule has 1 unspecified atom stereocenters. The molecule has 0 spiro atoms. The quantitative estimate of drug-likeness (QED) is 0.848. The Hall–Kier alpha value is -1.34. The van der Waals surface area contributed by atoms with Gasteiger partial charge in [0.15, 0.2) is 0 Å². The van der Waals surface area contributed by atoms with Crippen LogP contribution in [0.3, 0.4) is 0 Å². The van der Waals surface area contributed by atoms with Crippen LogP contribution in [-0.4, -0.2) is 36.6 Å². The van der Waals surface area contributed by atoms with Gasteiger partial charge >= 0.3 is 6.18 Å². The van der Waals surface area contributed by atoms with Crippen molar-refractivity contribution in [2.24, 2.45) is 0 Å². The van der Waals surface area contributed by atoms with Crippen molar-refractivity contribution in [3.63, 3.8) is 0 Å². The summed E-state index contributed by atoms with van der Waals surface area (Å²) in [5.74, 6) is -1.45. The van der Waals surface area contributed by atoms with E-state index in [2.05, 4.69) is 5.32 Å². The van der Waals surface area contributed by atoms with Crippen molar-refractivity contribution in [3.8, 4) is 0 Å². The lowest BCUT2D eigenvalue weighted by Crippen LogP contribution is -2.49. The number of benzene rings is 1. The molecule has 2 rings (SSSR count). The molecule has 1 heterocycles. The van der Waals surface area contributed by atoms with E-state index in [9.17, 15) is 22.4 Å². The maximum Gasteiger partial charge on any atom is 0.397 e. The van der Waals surface area contributed by atoms with Gasteiger partial charge < -0.3 is 10.2 Å². The molecule has 3 nitrogen and oxygen atoms in total. The molecule has 1 aromatic rings. The third-order valence-electron chi connectivity index (χ3n) is 3.15. The molecule has 1 amide bonds. The predicted octanol–water partition coefficient (Wildman–Crippen LogP) is 2.67. The average Bonchev–Trinajstić information content (AvgIpc) is 2.37. The second-order valence-electron chi connectivity index (χ2n) is 4.65. The fraction of sp³-hybridized carbons (Fsp3) is 0.462. The highest BCUT2D eigenvalue weighted by molar-refractivity contribution is 5.85. The number of halogens is 5. The van der Waals surface area contributed by atoms with Gasteiger partial charge in [-0.3, -0.25) is 4.79 Å². The summed E-state index contributed by atoms with van der Waals surface area (Å²) in [5, 5.41) is 3.00. The lowest BCUT2D eigenvalue weighted by molar-refractivity contribution is -0.163. The average molecular weight is 327 g/mol. The van der Waals surface area contributed by atoms with Gasteiger partial charge in [-0.2, -0.15) is 13.2 Å². The minimum Gasteiger partial charge on any atom is -0.333 e. The second-order valence-corrected chi connectivity index (χ2v) is 4.65. The molecule has 1 aromatic carbocycles. The van der Waals surface area contributed by atoms with E-state index in [1.54, 1.807) is 6.07 Å². The maximum atomic E-state index is 13.2. The molecule has 118 valence electrons. The summed E-state index contributed by atoms with van der Waals surface area (Å²) in [6, 6.07) is 5.00. The summed E-state index contributed by atoms with van der Waals surface area (Å²) in [4.78, 5) is 12.9. The summed E-state index contributed by atoms with van der Waals surface area (Å²) in [6.07, 6.45) is -6.02. The van der Waals surface area contributed by atoms with E-state index >= 15 is 0 Å². The number of rotatable bonds is 2. The first-order valence-electron chi connectivity index (χ1n) is 6.19. The first-order chi connectivity index (χ1) is 9.37. The number of alkyl halides is 3. The zero-order valence-electron chi connectivity index (χ0n) is 11.0. The predicted molar refractivity (Wildman–Crippen MR) is 71.6 cm³/mol. The standard InChI is InChI=1S/C13H14F4N2O.ClH/c14-10-3-1-2-9(6-10)11-8-18-4-5-19(11)12(20)7-13(15,16)17;/h1-3,6,11,18H,4-5,7-8H2;1H. The van der Waals surface area contributed by atoms with E-state index in [1.165, 1.54) is 23.1 Å². The van der Waals surface area contributed by atoms with Gasteiger partial charge in [-0.1, -0.05) is 12.1 Å². The molecule has 1 saturated heterocycles. The molecule has 0 bridgehead atoms. The number of piperazine rings is 1. The largest absolute Gasteiger partial charge is 0.397 e. The Morgan fingerprint density at radius 3 is 2.71 bits per heavy atom. The molecule has 8 heteroatoms. The van der Waals surface area contributed by atoms with Crippen LogP contribution >= 0.6 is 12.4 Å². The summed E-state index contributed by atoms with van der Waals surface area (Å²) >= 11 is 0. The summed E-state index contributed by atoms with van der Waals surface area (Å²) in [5.41, 5.74) is 0.493. The molecule has 21 heavy (non-hydrogen) atoms. The van der Waals surface area contributed by atoms with Crippen LogP contribution in [0.2, 0.25) is 0 Å². The van der Waals surface area contributed by atoms with Gasteiger partial charge in [0, 0.05) is 19.6 Å². The highest BCUT2D eigenvalue weighted by Crippen LogP contribution is 2.27. The van der Waals surface area contributed by atoms with E-state index in [0.29, 0.717) is 18.7 Å². The SMILES string of the molecule is Cl.O=C(CC(F)(F)F)N1CCNCC1c1cccc(F)c1. The minimum atomic E-state index is -4.53. The molecular formula is C13H15ClF4N2O. The van der Waals surface area contributed by atoms with E-state index < -0.39 is 30.4 Å². The normalized spacial score (nSPS) is 19.0. The van der Waals surface area contributed by atoms with Crippen LogP contribution in [0.1, 0.15) is 18.0 Å². The van der Waals surface area contributed by atoms with Crippen molar-refractivity contribution in [3.05, 3.63) is 35.6 Å². The maximum absolute atomic E-state index is 13.2. The highest BCUT2D eigenvalue weighted by atomic mass is 35.5. The fourth-order valence-electron chi connectivity index (χ4n) is 2.29. The smallest absolute Gasteiger partial charge is 0.333 e. The Balaban J connectivity index is 0.00000220. The van der Waals surface area contributed by atoms with Crippen LogP contribution in [0, 0.1) is 5.82 Å². The van der Waals surface area contributed by atoms with Crippen LogP contribution in [0.4, 0.5) is 17.6 Å². The van der Waals surface area contributed by atoms with Gasteiger partial charge in [0.1, 0.15) is 12.2 Å². The highest BCUT2D eigenvalue weighted by Gasteiger charge is 2.36. The van der Waals surface area contributed by atoms with Gasteiger partial charge in [-0.05, 0) is 17.7 Å². The van der Waals surface area contributed by atoms with Crippen molar-refractivity contribution >= 4 is 18.3 Å². The fourth-order valence-corrected chi connectivity index (χ4v) is 2.29. The molecular weight excluding hydrogens is 312 g/mol. The van der Waals surface area contributed by atoms with E-state index in [4.69, 9.17) is 0 Å². The molecule has 0 aliphatic carbocycles. The number of nitrogens with one attached hydrogen (secondary N) is 1. The third kappa shape index (κ3) is 4.86. The van der Waals surface area contributed by atoms with E-state index in [0.717, 1.165) is 0 Å². The van der Waals surface area contributed by atoms with Crippen molar-refractivity contribution in [1.29, 1.82) is 0 Å². The third-order valence-corrected chi connectivity index (χ3v) is 3.15. The van der Waals surface area contributed by atoms with Crippen molar-refractivity contribution < 1.29 is 22.4 Å². The molecule has 1 N–H and O–H groups in total. The molecule has 0 saturated carbocycles. The molecule has 1 aliphatic rings. The van der Waals surface area contributed by atoms with Gasteiger partial charge in [0.05, 0.1) is 6.04 Å². The number of nitrogens with zero attached hydrogens (tertiary/aromatic N) is 1. The lowest BCUT2D eigenvalue weighted by Gasteiger charge is -2.36. The van der Waals surface area contributed by atoms with Gasteiger partial charge in [-0.15, -0.1) is 12.4 Å². The Kier molecular flexibility index (Phi) is 5.98. The Labute approximate surface area is 125 Å². The lowest BCUT2D eigenvalue weighted by atomic mass is 10.0. The van der Waals surface area contributed by atoms with Crippen molar-refractivity contribution in [2.45, 2.75) is 18.6 Å². The van der Waals surface area contributed by atoms with Gasteiger partial charge in [0.2, 0.25) is 5.91 Å². The monoisotopic (exact) mass is 326 g/mol. The summed E-state index contributed by atoms with van der Waals surface area (Å²) in [7, 11) is 0. The van der Waals surface area contributed by atoms with E-state index in [-0.39, 0.29) is 19.0 Å². The Morgan fingerprint density at radius 2 is 2.10 bits per heavy atom. The summed E-state index contributed by atoms with van der Waals surface area (Å²) in [6.45, 7) is 0.915. The molecule has 0 aromatic heterocycles. The van der Waals surface area contributed by atoms with Crippen LogP contribution in [-0.2, 0) is 4.79 Å². The minimum absolute atomic E-state index is 0. The first-order valence-corrected chi connectivity index (χ1v) is 6.19. The molecule has 1 fully saturated rings. The number of carbonyl (C=O) groups excluding carboxylic acids is 1. The zero-order valence-corrected chi connectivity index (χ0v) is 11.8. The van der Waals surface area contributed by atoms with E-state index in [1.807, 2.05) is 0 Å². The van der Waals surface area contributed by atoms with Crippen molar-refractivity contribution in [2.75, 3.05) is 19.6 Å². The van der Waals surface area contributed by atoms with Crippen molar-refractivity contribution in [1.82, 2.24) is 10.2 Å². The number of hydrogen-bond acceptors (Lipinski definition) is 2. The van der Waals surface area contributed by atoms with Crippen LogP contribution < -0.4 is 5.32 Å². The Bertz CT molecular complexity index is 495. The number of hydrogen-bond donors (Lipinski definition) is 1. The topological polar surface area (TPSA) is 32.3 Å². The summed E-state index contributed by atoms with van der Waals surface area (Å²) < 4.78 is 50.2. The van der Waals surface area contributed by atoms with Gasteiger partial charge in [-0.25, -0.2) is 4.39 Å². The molecule has 1 aliphatic heterocycles. The molecule has 0 radical (unpaired) electrons. The Morgan fingerprint density at radius 1 is 1.38 bits per heavy atom. The van der Waals surface area contributed by atoms with Crippen LogP contribution in [0.25, 0.3) is 0 Å². The van der Waals surface area contributed by atoms with Gasteiger partial charge in [0.25, 0.3) is 0 Å². The van der Waals surface area contributed by atoms with Crippen LogP contribution in [0.5, 0.6) is 0 Å². The molecule has 1 atom stereocenters. The number of amides is 1. The van der Waals surface area contributed by atoms with Crippen LogP contribution in [0.15, 0.2) is 24.3 Å². The first kappa shape index (κ1) is 17.7. The zero-order chi connectivity index (χ0) is 14.8.